The van der Waals surface area contributed by atoms with Crippen LogP contribution in [0.2, 0.25) is 0 Å². The zero-order valence-electron chi connectivity index (χ0n) is 19.4. The molecule has 14 heteroatoms. The highest BCUT2D eigenvalue weighted by Gasteiger charge is 2.40. The molecule has 1 fully saturated rings. The molecule has 1 aliphatic heterocycles. The number of ether oxygens (including phenoxy) is 1. The second-order valence-corrected chi connectivity index (χ2v) is 13.4. The van der Waals surface area contributed by atoms with Crippen LogP contribution >= 0.6 is 37.2 Å². The molecule has 190 valence electrons. The summed E-state index contributed by atoms with van der Waals surface area (Å²) in [6.07, 6.45) is 7.76. The second-order valence-electron chi connectivity index (χ2n) is 7.73. The van der Waals surface area contributed by atoms with E-state index in [1.807, 2.05) is 21.6 Å². The molecule has 32 heavy (non-hydrogen) atoms. The quantitative estimate of drug-likeness (QED) is 0.0989. The van der Waals surface area contributed by atoms with Gasteiger partial charge < -0.3 is 14.5 Å². The molecule has 0 saturated carbocycles. The summed E-state index contributed by atoms with van der Waals surface area (Å²) in [6.45, 7) is 2.06. The molecule has 0 spiro atoms. The fourth-order valence-corrected chi connectivity index (χ4v) is 6.81. The first-order chi connectivity index (χ1) is 15.2. The van der Waals surface area contributed by atoms with Crippen LogP contribution in [0.4, 0.5) is 0 Å². The summed E-state index contributed by atoms with van der Waals surface area (Å²) < 4.78 is 48.8. The van der Waals surface area contributed by atoms with Crippen LogP contribution in [0.1, 0.15) is 64.7 Å². The molecule has 1 aliphatic rings. The minimum Gasteiger partial charge on any atom is -0.379 e. The van der Waals surface area contributed by atoms with Crippen LogP contribution in [0, 0.1) is 0 Å². The average molecular weight is 536 g/mol. The Morgan fingerprint density at radius 2 is 1.59 bits per heavy atom. The molecule has 0 amide bonds. The maximum absolute atomic E-state index is 12.1. The van der Waals surface area contributed by atoms with Gasteiger partial charge in [0.15, 0.2) is 0 Å². The Labute approximate surface area is 201 Å². The van der Waals surface area contributed by atoms with E-state index >= 15 is 0 Å². The highest BCUT2D eigenvalue weighted by atomic mass is 33.1. The van der Waals surface area contributed by atoms with Gasteiger partial charge in [0.2, 0.25) is 0 Å². The molecule has 0 aromatic carbocycles. The molecule has 1 saturated heterocycles. The van der Waals surface area contributed by atoms with Crippen LogP contribution in [0.15, 0.2) is 0 Å². The number of hydrogen-bond acceptors (Lipinski definition) is 9. The first kappa shape index (κ1) is 31.0. The predicted molar refractivity (Wildman–Crippen MR) is 133 cm³/mol. The summed E-state index contributed by atoms with van der Waals surface area (Å²) in [4.78, 5) is 19.3. The van der Waals surface area contributed by atoms with Gasteiger partial charge in [0.1, 0.15) is 14.0 Å². The van der Waals surface area contributed by atoms with E-state index < -0.39 is 27.9 Å². The zero-order valence-corrected chi connectivity index (χ0v) is 22.8. The summed E-state index contributed by atoms with van der Waals surface area (Å²) in [5, 5.41) is 0. The summed E-state index contributed by atoms with van der Waals surface area (Å²) in [5.74, 6) is 2.33. The van der Waals surface area contributed by atoms with Crippen LogP contribution in [0.25, 0.3) is 0 Å². The van der Waals surface area contributed by atoms with Gasteiger partial charge in [-0.1, -0.05) is 60.6 Å². The van der Waals surface area contributed by atoms with E-state index in [1.54, 1.807) is 7.85 Å². The lowest BCUT2D eigenvalue weighted by atomic mass is 9.96. The molecule has 9 nitrogen and oxygen atoms in total. The smallest absolute Gasteiger partial charge is 0.379 e. The van der Waals surface area contributed by atoms with E-state index in [2.05, 4.69) is 11.4 Å². The molecule has 1 rings (SSSR count). The largest absolute Gasteiger partial charge is 0.472 e. The molecular formula is C18H39BO9P2S2. The number of phosphoric ester groups is 2. The molecule has 1 heterocycles. The van der Waals surface area contributed by atoms with Crippen LogP contribution in [-0.2, 0) is 32.0 Å². The normalized spacial score (nSPS) is 24.9. The number of phosphoric acid groups is 2. The monoisotopic (exact) mass is 536 g/mol. The molecule has 5 atom stereocenters. The fourth-order valence-electron chi connectivity index (χ4n) is 3.10. The molecule has 2 N–H and O–H groups in total. The lowest BCUT2D eigenvalue weighted by Crippen LogP contribution is -2.28. The average Bonchev–Trinajstić information content (AvgIpc) is 3.08. The molecule has 3 unspecified atom stereocenters. The van der Waals surface area contributed by atoms with Crippen LogP contribution in [0.3, 0.4) is 0 Å². The van der Waals surface area contributed by atoms with Crippen molar-refractivity contribution in [3.63, 3.8) is 0 Å². The Morgan fingerprint density at radius 1 is 0.969 bits per heavy atom. The van der Waals surface area contributed by atoms with Gasteiger partial charge in [-0.15, -0.1) is 0 Å². The highest BCUT2D eigenvalue weighted by molar-refractivity contribution is 8.76. The van der Waals surface area contributed by atoms with Crippen molar-refractivity contribution in [1.29, 1.82) is 0 Å². The van der Waals surface area contributed by atoms with Crippen molar-refractivity contribution in [1.82, 2.24) is 0 Å². The van der Waals surface area contributed by atoms with E-state index in [1.165, 1.54) is 31.4 Å². The Morgan fingerprint density at radius 3 is 2.22 bits per heavy atom. The minimum atomic E-state index is -4.24. The molecule has 0 aromatic heterocycles. The maximum Gasteiger partial charge on any atom is 0.472 e. The van der Waals surface area contributed by atoms with Gasteiger partial charge in [-0.25, -0.2) is 9.13 Å². The van der Waals surface area contributed by atoms with Gasteiger partial charge >= 0.3 is 15.6 Å². The molecule has 0 bridgehead atoms. The number of hydrogen-bond donors (Lipinski definition) is 2. The summed E-state index contributed by atoms with van der Waals surface area (Å²) in [5.41, 5.74) is 0. The minimum absolute atomic E-state index is 0.129. The van der Waals surface area contributed by atoms with E-state index in [9.17, 15) is 18.9 Å². The third kappa shape index (κ3) is 15.0. The molecule has 0 radical (unpaired) electrons. The fraction of sp³-hybridized carbons (Fsp3) is 1.00. The third-order valence-electron chi connectivity index (χ3n) is 4.83. The van der Waals surface area contributed by atoms with E-state index in [0.29, 0.717) is 12.8 Å². The van der Waals surface area contributed by atoms with Gasteiger partial charge in [-0.05, 0) is 25.7 Å². The van der Waals surface area contributed by atoms with Crippen molar-refractivity contribution in [3.8, 4) is 0 Å². The van der Waals surface area contributed by atoms with E-state index in [0.717, 1.165) is 32.1 Å². The van der Waals surface area contributed by atoms with E-state index in [4.69, 9.17) is 18.3 Å². The van der Waals surface area contributed by atoms with Gasteiger partial charge in [-0.2, -0.15) is 0 Å². The predicted octanol–water partition coefficient (Wildman–Crippen LogP) is 4.52. The zero-order chi connectivity index (χ0) is 23.9. The van der Waals surface area contributed by atoms with Crippen molar-refractivity contribution < 1.29 is 41.7 Å². The van der Waals surface area contributed by atoms with Crippen molar-refractivity contribution >= 4 is 45.1 Å². The maximum atomic E-state index is 12.1. The van der Waals surface area contributed by atoms with E-state index in [-0.39, 0.29) is 19.2 Å². The first-order valence-electron chi connectivity index (χ1n) is 11.3. The van der Waals surface area contributed by atoms with Crippen molar-refractivity contribution in [3.05, 3.63) is 0 Å². The first-order valence-corrected chi connectivity index (χ1v) is 16.8. The molecular weight excluding hydrogens is 497 g/mol. The Bertz CT molecular complexity index is 591. The van der Waals surface area contributed by atoms with Crippen LogP contribution in [0.5, 0.6) is 0 Å². The summed E-state index contributed by atoms with van der Waals surface area (Å²) >= 11 is 0. The van der Waals surface area contributed by atoms with Gasteiger partial charge in [-0.3, -0.25) is 18.1 Å². The topological polar surface area (TPSA) is 121 Å². The third-order valence-corrected chi connectivity index (χ3v) is 9.39. The summed E-state index contributed by atoms with van der Waals surface area (Å²) in [7, 11) is -1.73. The summed E-state index contributed by atoms with van der Waals surface area (Å²) in [6, 6.07) is -0.248. The Hall–Kier alpha value is 0.945. The van der Waals surface area contributed by atoms with Crippen LogP contribution in [-0.4, -0.2) is 67.7 Å². The standard InChI is InChI=1S/C18H39BO9P2S2/c1-3-4-5-9-12-31-32-13-10-7-6-8-11-25-30(22,23)26-15-17-16(14-18(19)27-17)28-29(20,21)24-2/h16-18H,3-15,19H2,1-2H3,(H,20,21)(H,22,23)/t16?,17-,18-/m1/s1. The van der Waals surface area contributed by atoms with Gasteiger partial charge in [0.25, 0.3) is 0 Å². The Kier molecular flexibility index (Phi) is 16.8. The SMILES string of the molecule is B[C@H]1CC(OP(=O)(O)OC)[C@@H](COP(=O)(O)OCCCCCCSSCCCCCC)O1. The van der Waals surface area contributed by atoms with Gasteiger partial charge in [0, 0.05) is 24.6 Å². The van der Waals surface area contributed by atoms with Crippen molar-refractivity contribution in [2.45, 2.75) is 82.9 Å². The Balaban J connectivity index is 2.10. The number of unbranched alkanes of at least 4 members (excludes halogenated alkanes) is 6. The highest BCUT2D eigenvalue weighted by Crippen LogP contribution is 2.48. The lowest BCUT2D eigenvalue weighted by molar-refractivity contribution is -0.00843. The lowest BCUT2D eigenvalue weighted by Gasteiger charge is -2.21. The number of rotatable bonds is 20. The molecule has 0 aromatic rings. The van der Waals surface area contributed by atoms with Gasteiger partial charge in [0.05, 0.1) is 19.3 Å². The van der Waals surface area contributed by atoms with Crippen molar-refractivity contribution in [2.24, 2.45) is 0 Å². The molecule has 0 aliphatic carbocycles. The van der Waals surface area contributed by atoms with Crippen LogP contribution < -0.4 is 0 Å². The second kappa shape index (κ2) is 17.4. The van der Waals surface area contributed by atoms with Crippen molar-refractivity contribution in [2.75, 3.05) is 31.8 Å².